The Kier molecular flexibility index (Phi) is 1.96. The van der Waals surface area contributed by atoms with Gasteiger partial charge in [-0.1, -0.05) is 11.6 Å². The molecule has 1 radical (unpaired) electrons. The van der Waals surface area contributed by atoms with E-state index in [1.54, 1.807) is 0 Å². The van der Waals surface area contributed by atoms with Crippen LogP contribution in [-0.4, -0.2) is 0 Å². The average molecular weight is 220 g/mol. The highest BCUT2D eigenvalue weighted by Crippen LogP contribution is 2.37. The summed E-state index contributed by atoms with van der Waals surface area (Å²) >= 11 is 5.45. The second-order valence-corrected chi connectivity index (χ2v) is 3.14. The summed E-state index contributed by atoms with van der Waals surface area (Å²) in [6.07, 6.45) is -2.10. The van der Waals surface area contributed by atoms with Crippen molar-refractivity contribution in [3.05, 3.63) is 35.0 Å². The Morgan fingerprint density at radius 2 is 2.00 bits per heavy atom. The molecule has 73 valence electrons. The molecule has 0 aliphatic carbocycles. The van der Waals surface area contributed by atoms with Crippen molar-refractivity contribution in [3.63, 3.8) is 0 Å². The molecular formula is C9H3ClF3O. The van der Waals surface area contributed by atoms with E-state index in [2.05, 4.69) is 6.26 Å². The van der Waals surface area contributed by atoms with Gasteiger partial charge in [0.25, 0.3) is 0 Å². The summed E-state index contributed by atoms with van der Waals surface area (Å²) in [5, 5.41) is -0.0323. The third kappa shape index (κ3) is 1.46. The molecule has 2 aromatic rings. The van der Waals surface area contributed by atoms with Crippen molar-refractivity contribution in [3.8, 4) is 0 Å². The van der Waals surface area contributed by atoms with Crippen LogP contribution in [-0.2, 0) is 6.18 Å². The molecule has 0 bridgehead atoms. The van der Waals surface area contributed by atoms with Crippen LogP contribution in [0.1, 0.15) is 5.56 Å². The molecule has 0 N–H and O–H groups in total. The van der Waals surface area contributed by atoms with Gasteiger partial charge < -0.3 is 4.42 Å². The van der Waals surface area contributed by atoms with Crippen LogP contribution < -0.4 is 0 Å². The Balaban J connectivity index is 2.71. The van der Waals surface area contributed by atoms with Crippen LogP contribution in [0.15, 0.2) is 22.6 Å². The predicted octanol–water partition coefficient (Wildman–Crippen LogP) is 3.91. The lowest BCUT2D eigenvalue weighted by Crippen LogP contribution is -2.05. The number of benzene rings is 1. The van der Waals surface area contributed by atoms with Gasteiger partial charge in [-0.3, -0.25) is 0 Å². The van der Waals surface area contributed by atoms with Gasteiger partial charge in [-0.15, -0.1) is 0 Å². The number of alkyl halides is 3. The van der Waals surface area contributed by atoms with Crippen molar-refractivity contribution in [1.82, 2.24) is 0 Å². The molecule has 1 nitrogen and oxygen atoms in total. The maximum Gasteiger partial charge on any atom is 0.417 e. The molecule has 0 amide bonds. The van der Waals surface area contributed by atoms with Crippen molar-refractivity contribution in [1.29, 1.82) is 0 Å². The zero-order chi connectivity index (χ0) is 10.3. The fraction of sp³-hybridized carbons (Fsp3) is 0.111. The van der Waals surface area contributed by atoms with Gasteiger partial charge >= 0.3 is 6.18 Å². The van der Waals surface area contributed by atoms with Gasteiger partial charge in [0, 0.05) is 11.5 Å². The standard InChI is InChI=1S/C9H3ClF3O/c10-7-4-8-5(1-2-14-8)3-6(7)9(11,12)13/h1,3-4H. The first-order valence-corrected chi connectivity index (χ1v) is 4.02. The highest BCUT2D eigenvalue weighted by atomic mass is 35.5. The van der Waals surface area contributed by atoms with E-state index in [0.717, 1.165) is 12.1 Å². The summed E-state index contributed by atoms with van der Waals surface area (Å²) in [7, 11) is 0. The summed E-state index contributed by atoms with van der Waals surface area (Å²) in [6, 6.07) is 3.41. The van der Waals surface area contributed by atoms with Crippen LogP contribution in [0.4, 0.5) is 13.2 Å². The lowest BCUT2D eigenvalue weighted by Gasteiger charge is -2.07. The zero-order valence-corrected chi connectivity index (χ0v) is 7.41. The van der Waals surface area contributed by atoms with E-state index < -0.39 is 11.7 Å². The lowest BCUT2D eigenvalue weighted by molar-refractivity contribution is -0.137. The van der Waals surface area contributed by atoms with Gasteiger partial charge in [0.1, 0.15) is 5.58 Å². The first kappa shape index (κ1) is 9.40. The Hall–Kier alpha value is -1.16. The summed E-state index contributed by atoms with van der Waals surface area (Å²) in [6.45, 7) is 0. The van der Waals surface area contributed by atoms with E-state index in [1.807, 2.05) is 0 Å². The van der Waals surface area contributed by atoms with E-state index in [0.29, 0.717) is 11.0 Å². The topological polar surface area (TPSA) is 13.1 Å². The quantitative estimate of drug-likeness (QED) is 0.655. The van der Waals surface area contributed by atoms with Crippen LogP contribution in [0.3, 0.4) is 0 Å². The molecule has 0 unspecified atom stereocenters. The minimum absolute atomic E-state index is 0.294. The van der Waals surface area contributed by atoms with E-state index in [-0.39, 0.29) is 5.02 Å². The summed E-state index contributed by atoms with van der Waals surface area (Å²) in [5.41, 5.74) is -0.565. The minimum atomic E-state index is -4.44. The maximum absolute atomic E-state index is 12.4. The van der Waals surface area contributed by atoms with Crippen LogP contribution in [0, 0.1) is 6.26 Å². The number of furan rings is 1. The van der Waals surface area contributed by atoms with Crippen molar-refractivity contribution in [2.45, 2.75) is 6.18 Å². The molecule has 5 heteroatoms. The number of halogens is 4. The predicted molar refractivity (Wildman–Crippen MR) is 45.1 cm³/mol. The number of hydrogen-bond acceptors (Lipinski definition) is 1. The monoisotopic (exact) mass is 219 g/mol. The molecule has 0 saturated heterocycles. The Labute approximate surface area is 82.1 Å². The van der Waals surface area contributed by atoms with Gasteiger partial charge in [0.15, 0.2) is 6.26 Å². The molecule has 0 spiro atoms. The first-order chi connectivity index (χ1) is 6.48. The molecular weight excluding hydrogens is 217 g/mol. The average Bonchev–Trinajstić information content (AvgIpc) is 2.47. The van der Waals surface area contributed by atoms with Crippen LogP contribution in [0.5, 0.6) is 0 Å². The largest absolute Gasteiger partial charge is 0.453 e. The van der Waals surface area contributed by atoms with Gasteiger partial charge in [0.05, 0.1) is 10.6 Å². The fourth-order valence-electron chi connectivity index (χ4n) is 1.15. The Morgan fingerprint density at radius 1 is 1.29 bits per heavy atom. The molecule has 0 fully saturated rings. The molecule has 0 atom stereocenters. The molecule has 14 heavy (non-hydrogen) atoms. The Bertz CT molecular complexity index is 472. The zero-order valence-electron chi connectivity index (χ0n) is 6.65. The molecule has 2 rings (SSSR count). The smallest absolute Gasteiger partial charge is 0.417 e. The van der Waals surface area contributed by atoms with Crippen molar-refractivity contribution in [2.75, 3.05) is 0 Å². The Morgan fingerprint density at radius 3 is 2.64 bits per heavy atom. The third-order valence-corrected chi connectivity index (χ3v) is 2.10. The molecule has 0 aliphatic rings. The molecule has 1 heterocycles. The SMILES string of the molecule is FC(F)(F)c1cc2c[c]oc2cc1Cl. The molecule has 1 aromatic carbocycles. The second-order valence-electron chi connectivity index (χ2n) is 2.73. The first-order valence-electron chi connectivity index (χ1n) is 3.65. The van der Waals surface area contributed by atoms with Crippen LogP contribution in [0.2, 0.25) is 5.02 Å². The summed E-state index contributed by atoms with van der Waals surface area (Å²) < 4.78 is 41.9. The van der Waals surface area contributed by atoms with Gasteiger partial charge in [0.2, 0.25) is 0 Å². The van der Waals surface area contributed by atoms with Crippen molar-refractivity contribution < 1.29 is 17.6 Å². The summed E-state index contributed by atoms with van der Waals surface area (Å²) in [4.78, 5) is 0. The number of hydrogen-bond donors (Lipinski definition) is 0. The van der Waals surface area contributed by atoms with Gasteiger partial charge in [-0.05, 0) is 12.1 Å². The van der Waals surface area contributed by atoms with E-state index in [4.69, 9.17) is 16.0 Å². The number of rotatable bonds is 0. The second kappa shape index (κ2) is 2.92. The minimum Gasteiger partial charge on any atom is -0.453 e. The van der Waals surface area contributed by atoms with Crippen LogP contribution in [0.25, 0.3) is 11.0 Å². The van der Waals surface area contributed by atoms with Crippen molar-refractivity contribution in [2.24, 2.45) is 0 Å². The van der Waals surface area contributed by atoms with E-state index in [1.165, 1.54) is 6.07 Å². The summed E-state index contributed by atoms with van der Waals surface area (Å²) in [5.74, 6) is 0. The highest BCUT2D eigenvalue weighted by Gasteiger charge is 2.33. The highest BCUT2D eigenvalue weighted by molar-refractivity contribution is 6.32. The molecule has 1 aromatic heterocycles. The fourth-order valence-corrected chi connectivity index (χ4v) is 1.41. The van der Waals surface area contributed by atoms with Gasteiger partial charge in [-0.2, -0.15) is 13.2 Å². The maximum atomic E-state index is 12.4. The van der Waals surface area contributed by atoms with E-state index >= 15 is 0 Å². The van der Waals surface area contributed by atoms with Crippen molar-refractivity contribution >= 4 is 22.6 Å². The van der Waals surface area contributed by atoms with E-state index in [9.17, 15) is 13.2 Å². The number of fused-ring (bicyclic) bond motifs is 1. The molecule has 0 saturated carbocycles. The van der Waals surface area contributed by atoms with Gasteiger partial charge in [-0.25, -0.2) is 0 Å². The third-order valence-electron chi connectivity index (χ3n) is 1.79. The van der Waals surface area contributed by atoms with Crippen LogP contribution >= 0.6 is 11.6 Å². The molecule has 0 aliphatic heterocycles. The normalized spacial score (nSPS) is 12.3. The lowest BCUT2D eigenvalue weighted by atomic mass is 10.1.